The fraction of sp³-hybridized carbons (Fsp3) is 0.400. The van der Waals surface area contributed by atoms with Crippen molar-refractivity contribution >= 4 is 7.60 Å². The summed E-state index contributed by atoms with van der Waals surface area (Å²) in [5, 5.41) is 0. The predicted octanol–water partition coefficient (Wildman–Crippen LogP) is 6.26. The Morgan fingerprint density at radius 3 is 1.50 bits per heavy atom. The molecule has 0 spiro atoms. The molecule has 0 radical (unpaired) electrons. The lowest BCUT2D eigenvalue weighted by Crippen LogP contribution is -2.05. The zero-order valence-corrected chi connectivity index (χ0v) is 15.7. The molecule has 0 unspecified atom stereocenters. The fourth-order valence-electron chi connectivity index (χ4n) is 2.35. The second-order valence-corrected chi connectivity index (χ2v) is 7.90. The van der Waals surface area contributed by atoms with Crippen LogP contribution in [0.2, 0.25) is 0 Å². The highest BCUT2D eigenvalue weighted by Crippen LogP contribution is 2.49. The first kappa shape index (κ1) is 18.6. The molecule has 0 amide bonds. The van der Waals surface area contributed by atoms with E-state index in [1.807, 2.05) is 48.5 Å². The van der Waals surface area contributed by atoms with E-state index in [-0.39, 0.29) is 0 Å². The topological polar surface area (TPSA) is 35.5 Å². The van der Waals surface area contributed by atoms with Crippen LogP contribution in [-0.2, 0) is 17.4 Å². The maximum absolute atomic E-state index is 13.2. The largest absolute Gasteiger partial charge is 0.430 e. The Hall–Kier alpha value is -1.73. The average Bonchev–Trinajstić information content (AvgIpc) is 2.61. The van der Waals surface area contributed by atoms with Crippen molar-refractivity contribution in [3.63, 3.8) is 0 Å². The van der Waals surface area contributed by atoms with Crippen molar-refractivity contribution in [2.45, 2.75) is 46.5 Å². The van der Waals surface area contributed by atoms with Crippen LogP contribution in [0.25, 0.3) is 0 Å². The third-order valence-electron chi connectivity index (χ3n) is 3.94. The SMILES string of the molecule is CCCCP(=O)(Oc1ccc(CC)cc1)Oc1ccc(CC)cc1. The minimum absolute atomic E-state index is 0.411. The van der Waals surface area contributed by atoms with Gasteiger partial charge in [-0.1, -0.05) is 51.5 Å². The lowest BCUT2D eigenvalue weighted by Gasteiger charge is -2.20. The van der Waals surface area contributed by atoms with E-state index in [1.54, 1.807) is 0 Å². The molecule has 0 saturated carbocycles. The quantitative estimate of drug-likeness (QED) is 0.503. The van der Waals surface area contributed by atoms with E-state index < -0.39 is 7.60 Å². The minimum Gasteiger partial charge on any atom is -0.416 e. The average molecular weight is 346 g/mol. The molecule has 2 aromatic carbocycles. The van der Waals surface area contributed by atoms with Crippen molar-refractivity contribution < 1.29 is 13.6 Å². The summed E-state index contributed by atoms with van der Waals surface area (Å²) in [6.45, 7) is 6.27. The van der Waals surface area contributed by atoms with Gasteiger partial charge < -0.3 is 9.05 Å². The summed E-state index contributed by atoms with van der Waals surface area (Å²) in [7, 11) is -3.23. The summed E-state index contributed by atoms with van der Waals surface area (Å²) in [6, 6.07) is 15.4. The first-order valence-corrected chi connectivity index (χ1v) is 10.5. The van der Waals surface area contributed by atoms with Gasteiger partial charge in [-0.2, -0.15) is 0 Å². The second kappa shape index (κ2) is 8.94. The van der Waals surface area contributed by atoms with Crippen LogP contribution in [0.1, 0.15) is 44.7 Å². The van der Waals surface area contributed by atoms with E-state index in [4.69, 9.17) is 9.05 Å². The fourth-order valence-corrected chi connectivity index (χ4v) is 4.16. The van der Waals surface area contributed by atoms with E-state index in [0.717, 1.165) is 25.7 Å². The molecule has 0 heterocycles. The van der Waals surface area contributed by atoms with Gasteiger partial charge in [0.15, 0.2) is 0 Å². The van der Waals surface area contributed by atoms with E-state index in [9.17, 15) is 4.57 Å². The van der Waals surface area contributed by atoms with Crippen molar-refractivity contribution in [3.05, 3.63) is 59.7 Å². The van der Waals surface area contributed by atoms with Crippen LogP contribution in [0.3, 0.4) is 0 Å². The highest BCUT2D eigenvalue weighted by atomic mass is 31.2. The molecule has 0 bridgehead atoms. The van der Waals surface area contributed by atoms with Gasteiger partial charge in [0.1, 0.15) is 11.5 Å². The molecule has 0 aliphatic heterocycles. The lowest BCUT2D eigenvalue weighted by atomic mass is 10.2. The first-order chi connectivity index (χ1) is 11.6. The molecule has 130 valence electrons. The summed E-state index contributed by atoms with van der Waals surface area (Å²) < 4.78 is 24.8. The highest BCUT2D eigenvalue weighted by Gasteiger charge is 2.27. The van der Waals surface area contributed by atoms with Gasteiger partial charge in [0.2, 0.25) is 0 Å². The van der Waals surface area contributed by atoms with Gasteiger partial charge in [0.25, 0.3) is 0 Å². The Kier molecular flexibility index (Phi) is 6.93. The number of hydrogen-bond acceptors (Lipinski definition) is 3. The second-order valence-electron chi connectivity index (χ2n) is 5.87. The van der Waals surface area contributed by atoms with Crippen LogP contribution < -0.4 is 9.05 Å². The molecule has 24 heavy (non-hydrogen) atoms. The maximum Gasteiger partial charge on any atom is 0.430 e. The van der Waals surface area contributed by atoms with Gasteiger partial charge in [0, 0.05) is 0 Å². The van der Waals surface area contributed by atoms with Crippen molar-refractivity contribution in [2.24, 2.45) is 0 Å². The minimum atomic E-state index is -3.23. The molecule has 2 aromatic rings. The highest BCUT2D eigenvalue weighted by molar-refractivity contribution is 7.54. The summed E-state index contributed by atoms with van der Waals surface area (Å²) in [6.07, 6.45) is 4.09. The molecule has 0 aliphatic rings. The molecule has 2 rings (SSSR count). The molecular formula is C20H27O3P. The van der Waals surface area contributed by atoms with Crippen LogP contribution in [0, 0.1) is 0 Å². The summed E-state index contributed by atoms with van der Waals surface area (Å²) in [4.78, 5) is 0. The number of rotatable bonds is 9. The molecule has 0 saturated heterocycles. The molecule has 0 aliphatic carbocycles. The van der Waals surface area contributed by atoms with Crippen LogP contribution in [0.5, 0.6) is 11.5 Å². The number of aryl methyl sites for hydroxylation is 2. The number of unbranched alkanes of at least 4 members (excludes halogenated alkanes) is 1. The molecule has 3 nitrogen and oxygen atoms in total. The van der Waals surface area contributed by atoms with Gasteiger partial charge in [-0.05, 0) is 54.7 Å². The molecule has 0 fully saturated rings. The molecule has 0 atom stereocenters. The van der Waals surface area contributed by atoms with Crippen molar-refractivity contribution in [1.29, 1.82) is 0 Å². The van der Waals surface area contributed by atoms with Crippen LogP contribution in [0.4, 0.5) is 0 Å². The molecule has 4 heteroatoms. The zero-order valence-electron chi connectivity index (χ0n) is 14.8. The molecule has 0 N–H and O–H groups in total. The van der Waals surface area contributed by atoms with Gasteiger partial charge in [0.05, 0.1) is 6.16 Å². The van der Waals surface area contributed by atoms with Gasteiger partial charge in [-0.3, -0.25) is 0 Å². The van der Waals surface area contributed by atoms with Crippen LogP contribution >= 0.6 is 7.60 Å². The van der Waals surface area contributed by atoms with E-state index >= 15 is 0 Å². The normalized spacial score (nSPS) is 11.3. The van der Waals surface area contributed by atoms with E-state index in [2.05, 4.69) is 20.8 Å². The standard InChI is InChI=1S/C20H27O3P/c1-4-7-16-24(21,22-19-12-8-17(5-2)9-13-19)23-20-14-10-18(6-3)11-15-20/h8-15H,4-7,16H2,1-3H3. The van der Waals surface area contributed by atoms with Gasteiger partial charge in [-0.15, -0.1) is 0 Å². The smallest absolute Gasteiger partial charge is 0.416 e. The maximum atomic E-state index is 13.2. The summed E-state index contributed by atoms with van der Waals surface area (Å²) >= 11 is 0. The predicted molar refractivity (Wildman–Crippen MR) is 100 cm³/mol. The summed E-state index contributed by atoms with van der Waals surface area (Å²) in [5.74, 6) is 1.19. The Balaban J connectivity index is 2.15. The number of hydrogen-bond donors (Lipinski definition) is 0. The molecule has 0 aromatic heterocycles. The third kappa shape index (κ3) is 5.42. The van der Waals surface area contributed by atoms with Gasteiger partial charge >= 0.3 is 7.60 Å². The van der Waals surface area contributed by atoms with Crippen molar-refractivity contribution in [1.82, 2.24) is 0 Å². The lowest BCUT2D eigenvalue weighted by molar-refractivity contribution is 0.384. The Morgan fingerprint density at radius 1 is 0.750 bits per heavy atom. The first-order valence-electron chi connectivity index (χ1n) is 8.74. The van der Waals surface area contributed by atoms with Crippen LogP contribution in [-0.4, -0.2) is 6.16 Å². The van der Waals surface area contributed by atoms with E-state index in [0.29, 0.717) is 17.7 Å². The van der Waals surface area contributed by atoms with E-state index in [1.165, 1.54) is 11.1 Å². The Bertz CT molecular complexity index is 609. The monoisotopic (exact) mass is 346 g/mol. The van der Waals surface area contributed by atoms with Crippen molar-refractivity contribution in [3.8, 4) is 11.5 Å². The number of benzene rings is 2. The van der Waals surface area contributed by atoms with Gasteiger partial charge in [-0.25, -0.2) is 4.57 Å². The van der Waals surface area contributed by atoms with Crippen molar-refractivity contribution in [2.75, 3.05) is 6.16 Å². The Labute approximate surface area is 145 Å². The third-order valence-corrected chi connectivity index (χ3v) is 5.78. The van der Waals surface area contributed by atoms with Crippen LogP contribution in [0.15, 0.2) is 48.5 Å². The zero-order chi connectivity index (χ0) is 17.4. The summed E-state index contributed by atoms with van der Waals surface area (Å²) in [5.41, 5.74) is 2.45. The molecular weight excluding hydrogens is 319 g/mol. The Morgan fingerprint density at radius 2 is 1.17 bits per heavy atom.